The van der Waals surface area contributed by atoms with Crippen molar-refractivity contribution in [1.29, 1.82) is 0 Å². The number of rotatable bonds is 6. The monoisotopic (exact) mass is 428 g/mol. The number of carboxylic acids is 1. The fourth-order valence-electron chi connectivity index (χ4n) is 8.45. The van der Waals surface area contributed by atoms with Gasteiger partial charge in [0, 0.05) is 16.9 Å². The van der Waals surface area contributed by atoms with E-state index in [1.165, 1.54) is 25.3 Å². The van der Waals surface area contributed by atoms with E-state index < -0.39 is 17.3 Å². The van der Waals surface area contributed by atoms with E-state index in [1.54, 1.807) is 0 Å². The summed E-state index contributed by atoms with van der Waals surface area (Å²) in [7, 11) is 0. The number of fused-ring (bicyclic) bond motifs is 6. The van der Waals surface area contributed by atoms with Crippen LogP contribution in [0.5, 0.6) is 0 Å². The minimum absolute atomic E-state index is 0.0553. The molecule has 8 atom stereocenters. The van der Waals surface area contributed by atoms with Crippen LogP contribution in [0.15, 0.2) is 11.6 Å². The molecule has 31 heavy (non-hydrogen) atoms. The number of hydrogen-bond donors (Lipinski definition) is 1. The van der Waals surface area contributed by atoms with E-state index in [0.717, 1.165) is 31.6 Å². The summed E-state index contributed by atoms with van der Waals surface area (Å²) in [5.74, 6) is 0.441. The number of allylic oxidation sites excluding steroid dienone is 1. The van der Waals surface area contributed by atoms with Crippen LogP contribution in [-0.2, 0) is 14.4 Å². The van der Waals surface area contributed by atoms with Crippen LogP contribution in [0.3, 0.4) is 0 Å². The Labute approximate surface area is 187 Å². The van der Waals surface area contributed by atoms with E-state index in [0.29, 0.717) is 24.2 Å². The molecule has 3 saturated carbocycles. The van der Waals surface area contributed by atoms with Crippen LogP contribution < -0.4 is 0 Å². The van der Waals surface area contributed by atoms with Crippen LogP contribution in [0.25, 0.3) is 0 Å². The van der Waals surface area contributed by atoms with Crippen molar-refractivity contribution in [1.82, 2.24) is 0 Å². The highest BCUT2D eigenvalue weighted by molar-refractivity contribution is 6.13. The highest BCUT2D eigenvalue weighted by Crippen LogP contribution is 2.67. The van der Waals surface area contributed by atoms with Crippen LogP contribution in [0.4, 0.5) is 0 Å². The lowest BCUT2D eigenvalue weighted by Crippen LogP contribution is -2.59. The number of aliphatic carboxylic acids is 1. The van der Waals surface area contributed by atoms with Gasteiger partial charge in [-0.25, -0.2) is 4.79 Å². The summed E-state index contributed by atoms with van der Waals surface area (Å²) in [4.78, 5) is 38.4. The van der Waals surface area contributed by atoms with E-state index in [2.05, 4.69) is 27.7 Å². The summed E-state index contributed by atoms with van der Waals surface area (Å²) in [5, 5.41) is 9.86. The van der Waals surface area contributed by atoms with Gasteiger partial charge in [-0.15, -0.1) is 0 Å². The molecule has 4 rings (SSSR count). The maximum Gasteiger partial charge on any atom is 0.332 e. The topological polar surface area (TPSA) is 71.4 Å². The third kappa shape index (κ3) is 3.43. The summed E-state index contributed by atoms with van der Waals surface area (Å²) in [6, 6.07) is 0. The van der Waals surface area contributed by atoms with Gasteiger partial charge in [-0.05, 0) is 73.2 Å². The zero-order chi connectivity index (χ0) is 22.7. The maximum atomic E-state index is 13.6. The number of Topliss-reactive ketones (excluding diaryl/α,β-unsaturated/α-hetero) is 1. The number of hydrogen-bond acceptors (Lipinski definition) is 3. The predicted molar refractivity (Wildman–Crippen MR) is 120 cm³/mol. The Balaban J connectivity index is 1.62. The van der Waals surface area contributed by atoms with Gasteiger partial charge in [0.1, 0.15) is 5.78 Å². The van der Waals surface area contributed by atoms with Gasteiger partial charge in [-0.3, -0.25) is 9.59 Å². The molecule has 0 aromatic rings. The molecule has 0 radical (unpaired) electrons. The Morgan fingerprint density at radius 1 is 1.10 bits per heavy atom. The summed E-state index contributed by atoms with van der Waals surface area (Å²) < 4.78 is 0. The molecule has 3 fully saturated rings. The molecule has 0 saturated heterocycles. The first kappa shape index (κ1) is 22.7. The molecule has 2 bridgehead atoms. The first-order valence-corrected chi connectivity index (χ1v) is 12.5. The molecule has 4 heteroatoms. The summed E-state index contributed by atoms with van der Waals surface area (Å²) >= 11 is 0. The summed E-state index contributed by atoms with van der Waals surface area (Å²) in [5.41, 5.74) is -0.186. The number of ketones is 2. The van der Waals surface area contributed by atoms with Gasteiger partial charge in [0.2, 0.25) is 0 Å². The highest BCUT2D eigenvalue weighted by atomic mass is 16.4. The first-order valence-electron chi connectivity index (χ1n) is 12.5. The molecular formula is C27H40O4. The molecule has 4 aliphatic carbocycles. The molecule has 0 aromatic heterocycles. The predicted octanol–water partition coefficient (Wildman–Crippen LogP) is 5.70. The first-order chi connectivity index (χ1) is 14.5. The van der Waals surface area contributed by atoms with Crippen molar-refractivity contribution in [3.8, 4) is 0 Å². The molecule has 0 amide bonds. The SMILES string of the molecule is CC(C)CCC[C@H](C)[C@@H]1CC[C@H]2[C@H]3C(=O)[C@@H]4C[C@](C)(C(C(=O)O)=CC4=O)[C@@H]3CC[C@@]21C. The van der Waals surface area contributed by atoms with Gasteiger partial charge in [0.15, 0.2) is 5.78 Å². The molecule has 0 unspecified atom stereocenters. The number of carbonyl (C=O) groups is 3. The van der Waals surface area contributed by atoms with E-state index in [4.69, 9.17) is 0 Å². The van der Waals surface area contributed by atoms with Gasteiger partial charge >= 0.3 is 5.97 Å². The van der Waals surface area contributed by atoms with Gasteiger partial charge in [-0.1, -0.05) is 53.9 Å². The fraction of sp³-hybridized carbons (Fsp3) is 0.815. The molecule has 172 valence electrons. The number of carboxylic acid groups (broad SMARTS) is 1. The Bertz CT molecular complexity index is 810. The fourth-order valence-corrected chi connectivity index (χ4v) is 8.45. The summed E-state index contributed by atoms with van der Waals surface area (Å²) in [6.07, 6.45) is 9.65. The zero-order valence-corrected chi connectivity index (χ0v) is 19.9. The van der Waals surface area contributed by atoms with Gasteiger partial charge in [0.25, 0.3) is 0 Å². The van der Waals surface area contributed by atoms with E-state index in [9.17, 15) is 19.5 Å². The second-order valence-corrected chi connectivity index (χ2v) is 12.1. The second-order valence-electron chi connectivity index (χ2n) is 12.1. The van der Waals surface area contributed by atoms with Crippen molar-refractivity contribution in [2.75, 3.05) is 0 Å². The largest absolute Gasteiger partial charge is 0.478 e. The van der Waals surface area contributed by atoms with E-state index in [1.807, 2.05) is 6.92 Å². The van der Waals surface area contributed by atoms with Crippen molar-refractivity contribution in [3.63, 3.8) is 0 Å². The van der Waals surface area contributed by atoms with Crippen molar-refractivity contribution >= 4 is 17.5 Å². The van der Waals surface area contributed by atoms with Crippen molar-refractivity contribution in [3.05, 3.63) is 11.6 Å². The second kappa shape index (κ2) is 7.85. The smallest absolute Gasteiger partial charge is 0.332 e. The molecule has 0 heterocycles. The van der Waals surface area contributed by atoms with E-state index >= 15 is 0 Å². The van der Waals surface area contributed by atoms with Crippen LogP contribution in [0, 0.1) is 52.3 Å². The molecule has 1 N–H and O–H groups in total. The lowest BCUT2D eigenvalue weighted by molar-refractivity contribution is -0.157. The molecular weight excluding hydrogens is 388 g/mol. The van der Waals surface area contributed by atoms with Crippen molar-refractivity contribution in [2.24, 2.45) is 52.3 Å². The standard InChI is InChI=1S/C27H40O4/c1-15(2)7-6-8-16(3)18-9-10-19-23-20(11-12-26(18,19)4)27(5)14-17(24(23)29)22(28)13-21(27)25(30)31/h13,15-20,23H,6-12,14H2,1-5H3,(H,30,31)/t16-,17+,18-,19-,20+,23+,26+,27-/m0/s1. The molecule has 0 spiro atoms. The number of carbonyl (C=O) groups excluding carboxylic acids is 2. The normalized spacial score (nSPS) is 42.8. The lowest BCUT2D eigenvalue weighted by atomic mass is 9.44. The van der Waals surface area contributed by atoms with Crippen LogP contribution in [-0.4, -0.2) is 22.6 Å². The minimum atomic E-state index is -0.987. The Morgan fingerprint density at radius 3 is 2.45 bits per heavy atom. The third-order valence-corrected chi connectivity index (χ3v) is 10.1. The third-order valence-electron chi connectivity index (χ3n) is 10.1. The van der Waals surface area contributed by atoms with Crippen LogP contribution in [0.2, 0.25) is 0 Å². The van der Waals surface area contributed by atoms with Crippen molar-refractivity contribution < 1.29 is 19.5 Å². The van der Waals surface area contributed by atoms with Gasteiger partial charge in [-0.2, -0.15) is 0 Å². The van der Waals surface area contributed by atoms with E-state index in [-0.39, 0.29) is 34.4 Å². The average Bonchev–Trinajstić information content (AvgIpc) is 3.04. The van der Waals surface area contributed by atoms with Crippen molar-refractivity contribution in [2.45, 2.75) is 86.0 Å². The minimum Gasteiger partial charge on any atom is -0.478 e. The Hall–Kier alpha value is -1.45. The highest BCUT2D eigenvalue weighted by Gasteiger charge is 2.65. The summed E-state index contributed by atoms with van der Waals surface area (Å²) in [6.45, 7) is 11.4. The molecule has 4 aliphatic rings. The van der Waals surface area contributed by atoms with Gasteiger partial charge in [0.05, 0.1) is 5.92 Å². The van der Waals surface area contributed by atoms with Gasteiger partial charge < -0.3 is 5.11 Å². The average molecular weight is 429 g/mol. The lowest BCUT2D eigenvalue weighted by Gasteiger charge is -2.58. The molecule has 0 aliphatic heterocycles. The zero-order valence-electron chi connectivity index (χ0n) is 19.9. The van der Waals surface area contributed by atoms with Crippen LogP contribution >= 0.6 is 0 Å². The van der Waals surface area contributed by atoms with Crippen LogP contribution in [0.1, 0.15) is 86.0 Å². The quantitative estimate of drug-likeness (QED) is 0.551. The Morgan fingerprint density at radius 2 is 1.81 bits per heavy atom. The maximum absolute atomic E-state index is 13.6. The Kier molecular flexibility index (Phi) is 5.75. The molecule has 4 nitrogen and oxygen atoms in total. The molecule has 0 aromatic carbocycles.